The Balaban J connectivity index is 1.30. The number of fused-ring (bicyclic) bond motifs is 3. The highest BCUT2D eigenvalue weighted by molar-refractivity contribution is 7.19. The van der Waals surface area contributed by atoms with E-state index in [9.17, 15) is 18.7 Å². The summed E-state index contributed by atoms with van der Waals surface area (Å²) in [5, 5.41) is 17.0. The van der Waals surface area contributed by atoms with Crippen molar-refractivity contribution < 1.29 is 23.4 Å². The van der Waals surface area contributed by atoms with Gasteiger partial charge in [0.15, 0.2) is 11.6 Å². The lowest BCUT2D eigenvalue weighted by molar-refractivity contribution is -0.143. The van der Waals surface area contributed by atoms with Gasteiger partial charge in [-0.2, -0.15) is 5.10 Å². The third-order valence-electron chi connectivity index (χ3n) is 6.32. The molecule has 0 radical (unpaired) electrons. The van der Waals surface area contributed by atoms with E-state index in [-0.39, 0.29) is 17.6 Å². The maximum absolute atomic E-state index is 14.5. The fourth-order valence-corrected chi connectivity index (χ4v) is 5.65. The summed E-state index contributed by atoms with van der Waals surface area (Å²) in [6.45, 7) is 2.91. The molecule has 0 saturated carbocycles. The number of nitrogens with one attached hydrogen (secondary N) is 1. The molecule has 1 fully saturated rings. The van der Waals surface area contributed by atoms with Crippen molar-refractivity contribution in [2.45, 2.75) is 25.5 Å². The first-order chi connectivity index (χ1) is 17.9. The quantitative estimate of drug-likeness (QED) is 0.413. The number of pyridine rings is 1. The van der Waals surface area contributed by atoms with Crippen molar-refractivity contribution in [3.8, 4) is 32.7 Å². The summed E-state index contributed by atoms with van der Waals surface area (Å²) in [5.41, 5.74) is 1.81. The smallest absolute Gasteiger partial charge is 0.251 e. The molecule has 1 saturated heterocycles. The molecule has 1 unspecified atom stereocenters. The third-order valence-corrected chi connectivity index (χ3v) is 7.50. The number of nitrogens with zero attached hydrogens (tertiary/aromatic N) is 5. The van der Waals surface area contributed by atoms with Gasteiger partial charge in [0.05, 0.1) is 22.4 Å². The number of amides is 1. The summed E-state index contributed by atoms with van der Waals surface area (Å²) in [6, 6.07) is 9.05. The summed E-state index contributed by atoms with van der Waals surface area (Å²) in [4.78, 5) is 24.4. The zero-order valence-electron chi connectivity index (χ0n) is 19.7. The van der Waals surface area contributed by atoms with Crippen LogP contribution in [0.2, 0.25) is 0 Å². The number of likely N-dealkylation sites (tertiary alicyclic amines) is 1. The number of benzene rings is 1. The lowest BCUT2D eigenvalue weighted by atomic mass is 10.1. The molecule has 37 heavy (non-hydrogen) atoms. The van der Waals surface area contributed by atoms with Crippen LogP contribution in [0.25, 0.3) is 27.0 Å². The molecular formula is C25H22F2N6O3S. The average Bonchev–Trinajstić information content (AvgIpc) is 3.45. The average molecular weight is 525 g/mol. The summed E-state index contributed by atoms with van der Waals surface area (Å²) in [5.74, 6) is 0.0648. The number of carbonyl (C=O) groups is 1. The Hall–Kier alpha value is -3.90. The Labute approximate surface area is 214 Å². The predicted octanol–water partition coefficient (Wildman–Crippen LogP) is 3.27. The van der Waals surface area contributed by atoms with E-state index in [1.807, 2.05) is 18.2 Å². The molecule has 2 aliphatic heterocycles. The number of aliphatic hydroxyl groups excluding tert-OH is 1. The highest BCUT2D eigenvalue weighted by Crippen LogP contribution is 2.43. The van der Waals surface area contributed by atoms with Crippen LogP contribution >= 0.6 is 11.3 Å². The molecule has 12 heteroatoms. The van der Waals surface area contributed by atoms with Crippen molar-refractivity contribution in [3.05, 3.63) is 59.9 Å². The molecular weight excluding hydrogens is 502 g/mol. The van der Waals surface area contributed by atoms with E-state index in [0.717, 1.165) is 21.4 Å². The second-order valence-corrected chi connectivity index (χ2v) is 10.0. The van der Waals surface area contributed by atoms with Gasteiger partial charge >= 0.3 is 0 Å². The van der Waals surface area contributed by atoms with Gasteiger partial charge in [0.1, 0.15) is 41.2 Å². The first kappa shape index (κ1) is 23.5. The standard InChI is InChI=1S/C25H22F2N6O3S/c1-13(34)25(35)32-10-16(11-32)30-21-5-4-19-22(31-21)23-14(6-7-36-19)8-20(37-23)24-28-12-29-33(24)18-3-2-15(26)9-17(18)27/h2-5,8-9,12-13,16,34H,6-7,10-11H2,1H3,(H,30,31). The van der Waals surface area contributed by atoms with Gasteiger partial charge in [0.25, 0.3) is 5.91 Å². The lowest BCUT2D eigenvalue weighted by Crippen LogP contribution is -2.59. The molecule has 2 aliphatic rings. The number of thiophene rings is 1. The van der Waals surface area contributed by atoms with E-state index >= 15 is 0 Å². The summed E-state index contributed by atoms with van der Waals surface area (Å²) in [7, 11) is 0. The van der Waals surface area contributed by atoms with Crippen molar-refractivity contribution in [2.75, 3.05) is 25.0 Å². The molecule has 0 aliphatic carbocycles. The number of ether oxygens (including phenoxy) is 1. The molecule has 5 heterocycles. The molecule has 190 valence electrons. The molecule has 2 N–H and O–H groups in total. The van der Waals surface area contributed by atoms with Crippen LogP contribution in [-0.2, 0) is 11.2 Å². The van der Waals surface area contributed by atoms with Crippen LogP contribution in [0.1, 0.15) is 12.5 Å². The second-order valence-electron chi connectivity index (χ2n) is 8.96. The Morgan fingerprint density at radius 1 is 1.24 bits per heavy atom. The number of hydrogen-bond acceptors (Lipinski definition) is 8. The van der Waals surface area contributed by atoms with Gasteiger partial charge in [0, 0.05) is 25.6 Å². The van der Waals surface area contributed by atoms with Crippen molar-refractivity contribution in [1.82, 2.24) is 24.6 Å². The molecule has 1 aromatic carbocycles. The number of anilines is 1. The maximum Gasteiger partial charge on any atom is 0.251 e. The van der Waals surface area contributed by atoms with Crippen LogP contribution < -0.4 is 10.1 Å². The lowest BCUT2D eigenvalue weighted by Gasteiger charge is -2.40. The number of carbonyl (C=O) groups excluding carboxylic acids is 1. The molecule has 6 rings (SSSR count). The number of halogens is 2. The molecule has 1 amide bonds. The highest BCUT2D eigenvalue weighted by Gasteiger charge is 2.33. The number of hydrogen-bond donors (Lipinski definition) is 2. The van der Waals surface area contributed by atoms with Crippen LogP contribution in [0.5, 0.6) is 5.75 Å². The summed E-state index contributed by atoms with van der Waals surface area (Å²) >= 11 is 1.45. The van der Waals surface area contributed by atoms with E-state index in [1.165, 1.54) is 41.4 Å². The van der Waals surface area contributed by atoms with Crippen LogP contribution in [0, 0.1) is 11.6 Å². The van der Waals surface area contributed by atoms with Crippen molar-refractivity contribution in [1.29, 1.82) is 0 Å². The number of aliphatic hydroxyl groups is 1. The van der Waals surface area contributed by atoms with Crippen molar-refractivity contribution in [2.24, 2.45) is 0 Å². The maximum atomic E-state index is 14.5. The van der Waals surface area contributed by atoms with Gasteiger partial charge in [-0.3, -0.25) is 4.79 Å². The predicted molar refractivity (Wildman–Crippen MR) is 133 cm³/mol. The Morgan fingerprint density at radius 3 is 2.86 bits per heavy atom. The molecule has 0 spiro atoms. The minimum atomic E-state index is -1.01. The molecule has 9 nitrogen and oxygen atoms in total. The third kappa shape index (κ3) is 4.31. The highest BCUT2D eigenvalue weighted by atomic mass is 32.1. The fraction of sp³-hybridized carbons (Fsp3) is 0.280. The zero-order valence-corrected chi connectivity index (χ0v) is 20.5. The Morgan fingerprint density at radius 2 is 2.08 bits per heavy atom. The van der Waals surface area contributed by atoms with Gasteiger partial charge in [-0.1, -0.05) is 0 Å². The van der Waals surface area contributed by atoms with Gasteiger partial charge < -0.3 is 20.1 Å². The van der Waals surface area contributed by atoms with E-state index in [2.05, 4.69) is 15.4 Å². The minimum Gasteiger partial charge on any atom is -0.491 e. The van der Waals surface area contributed by atoms with Crippen molar-refractivity contribution in [3.63, 3.8) is 0 Å². The monoisotopic (exact) mass is 524 g/mol. The van der Waals surface area contributed by atoms with Gasteiger partial charge in [0.2, 0.25) is 0 Å². The van der Waals surface area contributed by atoms with E-state index < -0.39 is 17.7 Å². The minimum absolute atomic E-state index is 0.0301. The van der Waals surface area contributed by atoms with Crippen molar-refractivity contribution >= 4 is 23.1 Å². The van der Waals surface area contributed by atoms with Crippen LogP contribution in [0.15, 0.2) is 42.7 Å². The SMILES string of the molecule is CC(O)C(=O)N1CC(Nc2ccc3c(n2)-c2sc(-c4ncnn4-c4ccc(F)cc4F)cc2CCO3)C1. The Kier molecular flexibility index (Phi) is 5.84. The van der Waals surface area contributed by atoms with Crippen LogP contribution in [0.3, 0.4) is 0 Å². The first-order valence-corrected chi connectivity index (χ1v) is 12.5. The van der Waals surface area contributed by atoms with E-state index in [1.54, 1.807) is 4.90 Å². The second kappa shape index (κ2) is 9.20. The Bertz CT molecular complexity index is 1500. The van der Waals surface area contributed by atoms with E-state index in [0.29, 0.717) is 49.2 Å². The largest absolute Gasteiger partial charge is 0.491 e. The van der Waals surface area contributed by atoms with Gasteiger partial charge in [-0.15, -0.1) is 11.3 Å². The molecule has 1 atom stereocenters. The fourth-order valence-electron chi connectivity index (χ4n) is 4.46. The number of aromatic nitrogens is 4. The topological polar surface area (TPSA) is 105 Å². The number of rotatable bonds is 5. The first-order valence-electron chi connectivity index (χ1n) is 11.7. The summed E-state index contributed by atoms with van der Waals surface area (Å²) in [6.07, 6.45) is 0.980. The van der Waals surface area contributed by atoms with Gasteiger partial charge in [-0.25, -0.2) is 23.4 Å². The molecule has 3 aromatic heterocycles. The van der Waals surface area contributed by atoms with Gasteiger partial charge in [-0.05, 0) is 42.8 Å². The normalized spacial score (nSPS) is 15.7. The molecule has 0 bridgehead atoms. The summed E-state index contributed by atoms with van der Waals surface area (Å²) < 4.78 is 35.2. The van der Waals surface area contributed by atoms with Crippen LogP contribution in [0.4, 0.5) is 14.6 Å². The van der Waals surface area contributed by atoms with E-state index in [4.69, 9.17) is 9.72 Å². The van der Waals surface area contributed by atoms with Crippen LogP contribution in [-0.4, -0.2) is 67.5 Å². The zero-order chi connectivity index (χ0) is 25.7. The molecule has 4 aromatic rings.